The van der Waals surface area contributed by atoms with Gasteiger partial charge in [0, 0.05) is 42.4 Å². The van der Waals surface area contributed by atoms with Crippen molar-refractivity contribution in [3.8, 4) is 34.2 Å². The third-order valence-electron chi connectivity index (χ3n) is 9.14. The summed E-state index contributed by atoms with van der Waals surface area (Å²) in [6, 6.07) is 17.8. The number of benzene rings is 2. The fourth-order valence-corrected chi connectivity index (χ4v) is 6.53. The number of piperidine rings is 1. The number of hydrogen-bond donors (Lipinski definition) is 0. The fourth-order valence-electron chi connectivity index (χ4n) is 6.53. The molecular weight excluding hydrogens is 618 g/mol. The molecule has 0 amide bonds. The fraction of sp³-hybridized carbons (Fsp3) is 0.436. The van der Waals surface area contributed by atoms with Gasteiger partial charge in [-0.15, -0.1) is 0 Å². The van der Waals surface area contributed by atoms with Crippen molar-refractivity contribution in [1.82, 2.24) is 14.6 Å². The second-order valence-corrected chi connectivity index (χ2v) is 14.2. The van der Waals surface area contributed by atoms with E-state index < -0.39 is 17.7 Å². The number of carbonyl (C=O) groups excluding carboxylic acids is 1. The first-order valence-corrected chi connectivity index (χ1v) is 16.9. The molecule has 0 N–H and O–H groups in total. The molecule has 7 rings (SSSR count). The average molecular weight is 664 g/mol. The Labute approximate surface area is 288 Å². The number of fused-ring (bicyclic) bond motifs is 7. The smallest absolute Gasteiger partial charge is 0.339 e. The minimum Gasteiger partial charge on any atom is -0.490 e. The molecule has 0 radical (unpaired) electrons. The first-order chi connectivity index (χ1) is 23.4. The van der Waals surface area contributed by atoms with Crippen molar-refractivity contribution in [2.24, 2.45) is 0 Å². The zero-order valence-corrected chi connectivity index (χ0v) is 29.4. The third kappa shape index (κ3) is 7.33. The molecule has 2 atom stereocenters. The highest BCUT2D eigenvalue weighted by molar-refractivity contribution is 5.81. The van der Waals surface area contributed by atoms with Crippen LogP contribution in [0, 0.1) is 18.3 Å². The van der Waals surface area contributed by atoms with E-state index in [-0.39, 0.29) is 11.7 Å². The molecule has 5 heterocycles. The SMILES string of the molecule is COC(=O)[C@@H](OC(C)(C)C)c1c(C)nc2cc3nn2c1N1CCC(C)(CC1)OCC=CC[C@H](C)Oc1ccc(C#N)cc1-c1cccc-3c1. The molecule has 256 valence electrons. The molecule has 0 spiro atoms. The van der Waals surface area contributed by atoms with E-state index in [1.165, 1.54) is 7.11 Å². The molecule has 4 aromatic rings. The highest BCUT2D eigenvalue weighted by Gasteiger charge is 2.38. The number of rotatable bonds is 3. The van der Waals surface area contributed by atoms with Crippen LogP contribution in [0.1, 0.15) is 76.8 Å². The summed E-state index contributed by atoms with van der Waals surface area (Å²) < 4.78 is 26.4. The first kappa shape index (κ1) is 34.2. The van der Waals surface area contributed by atoms with E-state index in [2.05, 4.69) is 36.1 Å². The number of carbonyl (C=O) groups is 1. The Morgan fingerprint density at radius 1 is 1.10 bits per heavy atom. The molecular formula is C39H45N5O5. The number of nitriles is 1. The van der Waals surface area contributed by atoms with Gasteiger partial charge < -0.3 is 23.8 Å². The van der Waals surface area contributed by atoms with Crippen molar-refractivity contribution in [2.75, 3.05) is 31.7 Å². The predicted molar refractivity (Wildman–Crippen MR) is 189 cm³/mol. The van der Waals surface area contributed by atoms with Crippen LogP contribution in [0.25, 0.3) is 28.0 Å². The summed E-state index contributed by atoms with van der Waals surface area (Å²) in [7, 11) is 1.38. The molecule has 10 heteroatoms. The topological polar surface area (TPSA) is 111 Å². The standard InChI is InChI=1S/C39H45N5O5/c1-25-11-8-9-20-47-39(6)16-18-43(19-17-39)36-34(35(37(45)46-7)49-38(3,4)5)26(2)41-33-23-31(42-44(33)36)29-13-10-12-28(22-29)30-21-27(24-40)14-15-32(30)48-25/h8-10,12-15,21-23,25,35H,11,16-20H2,1-7H3/t25-,35-/m0/s1. The Kier molecular flexibility index (Phi) is 9.52. The monoisotopic (exact) mass is 663 g/mol. The van der Waals surface area contributed by atoms with E-state index in [4.69, 9.17) is 29.0 Å². The van der Waals surface area contributed by atoms with Crippen LogP contribution in [-0.2, 0) is 19.0 Å². The highest BCUT2D eigenvalue weighted by atomic mass is 16.6. The lowest BCUT2D eigenvalue weighted by Gasteiger charge is -2.41. The van der Waals surface area contributed by atoms with Crippen LogP contribution in [0.3, 0.4) is 0 Å². The molecule has 1 fully saturated rings. The number of anilines is 1. The maximum atomic E-state index is 13.4. The number of esters is 1. The van der Waals surface area contributed by atoms with Gasteiger partial charge in [-0.05, 0) is 84.2 Å². The zero-order valence-electron chi connectivity index (χ0n) is 29.4. The molecule has 2 aromatic carbocycles. The number of aromatic nitrogens is 3. The average Bonchev–Trinajstić information content (AvgIpc) is 3.50. The molecule has 1 saturated heterocycles. The minimum absolute atomic E-state index is 0.0908. The van der Waals surface area contributed by atoms with Gasteiger partial charge in [0.1, 0.15) is 11.6 Å². The summed E-state index contributed by atoms with van der Waals surface area (Å²) in [6.45, 7) is 13.7. The van der Waals surface area contributed by atoms with Crippen molar-refractivity contribution in [3.63, 3.8) is 0 Å². The van der Waals surface area contributed by atoms with Crippen molar-refractivity contribution >= 4 is 17.4 Å². The highest BCUT2D eigenvalue weighted by Crippen LogP contribution is 2.40. The molecule has 2 aromatic heterocycles. The summed E-state index contributed by atoms with van der Waals surface area (Å²) >= 11 is 0. The number of ether oxygens (including phenoxy) is 4. The van der Waals surface area contributed by atoms with Gasteiger partial charge in [-0.3, -0.25) is 0 Å². The quantitative estimate of drug-likeness (QED) is 0.164. The van der Waals surface area contributed by atoms with Gasteiger partial charge >= 0.3 is 5.97 Å². The molecule has 3 aliphatic rings. The molecule has 6 bridgehead atoms. The van der Waals surface area contributed by atoms with Crippen molar-refractivity contribution in [2.45, 2.75) is 84.2 Å². The Bertz CT molecular complexity index is 1930. The number of nitrogens with zero attached hydrogens (tertiary/aromatic N) is 5. The normalized spacial score (nSPS) is 20.4. The van der Waals surface area contributed by atoms with Gasteiger partial charge in [0.15, 0.2) is 11.8 Å². The summed E-state index contributed by atoms with van der Waals surface area (Å²) in [4.78, 5) is 20.6. The van der Waals surface area contributed by atoms with E-state index in [0.29, 0.717) is 54.3 Å². The Morgan fingerprint density at radius 2 is 1.86 bits per heavy atom. The van der Waals surface area contributed by atoms with Crippen LogP contribution in [0.2, 0.25) is 0 Å². The third-order valence-corrected chi connectivity index (χ3v) is 9.14. The van der Waals surface area contributed by atoms with Gasteiger partial charge in [0.25, 0.3) is 0 Å². The van der Waals surface area contributed by atoms with E-state index >= 15 is 0 Å². The molecule has 0 aliphatic carbocycles. The van der Waals surface area contributed by atoms with Crippen LogP contribution >= 0.6 is 0 Å². The summed E-state index contributed by atoms with van der Waals surface area (Å²) in [5.74, 6) is 0.963. The molecule has 10 nitrogen and oxygen atoms in total. The Hall–Kier alpha value is -4.72. The second-order valence-electron chi connectivity index (χ2n) is 14.2. The second kappa shape index (κ2) is 13.7. The van der Waals surface area contributed by atoms with Crippen molar-refractivity contribution in [3.05, 3.63) is 77.5 Å². The van der Waals surface area contributed by atoms with Gasteiger partial charge in [-0.1, -0.05) is 30.4 Å². The number of aryl methyl sites for hydroxylation is 1. The maximum absolute atomic E-state index is 13.4. The predicted octanol–water partition coefficient (Wildman–Crippen LogP) is 7.38. The van der Waals surface area contributed by atoms with E-state index in [9.17, 15) is 10.1 Å². The molecule has 3 aliphatic heterocycles. The Balaban J connectivity index is 1.56. The molecule has 49 heavy (non-hydrogen) atoms. The Morgan fingerprint density at radius 3 is 2.57 bits per heavy atom. The maximum Gasteiger partial charge on any atom is 0.339 e. The van der Waals surface area contributed by atoms with Gasteiger partial charge in [0.2, 0.25) is 0 Å². The lowest BCUT2D eigenvalue weighted by molar-refractivity contribution is -0.164. The van der Waals surface area contributed by atoms with E-state index in [0.717, 1.165) is 41.0 Å². The van der Waals surface area contributed by atoms with Crippen LogP contribution in [0.4, 0.5) is 5.82 Å². The summed E-state index contributed by atoms with van der Waals surface area (Å²) in [6.07, 6.45) is 5.33. The van der Waals surface area contributed by atoms with Gasteiger partial charge in [-0.2, -0.15) is 14.9 Å². The summed E-state index contributed by atoms with van der Waals surface area (Å²) in [5, 5.41) is 14.9. The van der Waals surface area contributed by atoms with Gasteiger partial charge in [0.05, 0.1) is 53.9 Å². The van der Waals surface area contributed by atoms with E-state index in [1.807, 2.05) is 75.5 Å². The minimum atomic E-state index is -1.01. The number of methoxy groups -OCH3 is 1. The molecule has 0 unspecified atom stereocenters. The molecule has 0 saturated carbocycles. The van der Waals surface area contributed by atoms with Crippen LogP contribution < -0.4 is 9.64 Å². The largest absolute Gasteiger partial charge is 0.490 e. The van der Waals surface area contributed by atoms with Gasteiger partial charge in [-0.25, -0.2) is 9.78 Å². The lowest BCUT2D eigenvalue weighted by Crippen LogP contribution is -2.45. The van der Waals surface area contributed by atoms with Crippen LogP contribution in [-0.4, -0.2) is 64.7 Å². The van der Waals surface area contributed by atoms with Crippen LogP contribution in [0.15, 0.2) is 60.7 Å². The van der Waals surface area contributed by atoms with E-state index in [1.54, 1.807) is 6.07 Å². The zero-order chi connectivity index (χ0) is 34.9. The lowest BCUT2D eigenvalue weighted by atomic mass is 9.92. The first-order valence-electron chi connectivity index (χ1n) is 16.9. The number of hydrogen-bond acceptors (Lipinski definition) is 9. The van der Waals surface area contributed by atoms with Crippen molar-refractivity contribution < 1.29 is 23.7 Å². The van der Waals surface area contributed by atoms with Crippen molar-refractivity contribution in [1.29, 1.82) is 5.26 Å². The summed E-state index contributed by atoms with van der Waals surface area (Å²) in [5.41, 5.74) is 4.87. The van der Waals surface area contributed by atoms with Crippen LogP contribution in [0.5, 0.6) is 5.75 Å².